The zero-order chi connectivity index (χ0) is 41.7. The van der Waals surface area contributed by atoms with Crippen molar-refractivity contribution in [3.05, 3.63) is 241 Å². The first kappa shape index (κ1) is 34.6. The Labute approximate surface area is 373 Å². The molecule has 2 nitrogen and oxygen atoms in total. The third-order valence-corrected chi connectivity index (χ3v) is 15.8. The van der Waals surface area contributed by atoms with E-state index in [0.717, 1.165) is 5.69 Å². The van der Waals surface area contributed by atoms with Crippen LogP contribution in [0.4, 0.5) is 0 Å². The molecule has 0 saturated heterocycles. The number of para-hydroxylation sites is 2. The first-order valence-corrected chi connectivity index (χ1v) is 23.0. The van der Waals surface area contributed by atoms with Gasteiger partial charge in [-0.15, -0.1) is 11.3 Å². The molecule has 0 amide bonds. The van der Waals surface area contributed by atoms with Gasteiger partial charge in [0.05, 0.1) is 27.5 Å². The maximum Gasteiger partial charge on any atom is 0.0726 e. The largest absolute Gasteiger partial charge is 0.309 e. The van der Waals surface area contributed by atoms with E-state index in [4.69, 9.17) is 0 Å². The van der Waals surface area contributed by atoms with E-state index in [0.29, 0.717) is 0 Å². The van der Waals surface area contributed by atoms with Crippen LogP contribution in [0.25, 0.3) is 109 Å². The fraction of sp³-hybridized carbons (Fsp3) is 0.0164. The van der Waals surface area contributed by atoms with Crippen molar-refractivity contribution in [3.63, 3.8) is 0 Å². The Hall–Kier alpha value is -7.98. The third-order valence-electron chi connectivity index (χ3n) is 14.5. The zero-order valence-electron chi connectivity index (χ0n) is 34.6. The summed E-state index contributed by atoms with van der Waals surface area (Å²) in [5.74, 6) is 0. The Balaban J connectivity index is 0.946. The third kappa shape index (κ3) is 4.34. The Morgan fingerprint density at radius 2 is 0.766 bits per heavy atom. The van der Waals surface area contributed by atoms with E-state index in [2.05, 4.69) is 228 Å². The van der Waals surface area contributed by atoms with Gasteiger partial charge in [0, 0.05) is 53.1 Å². The van der Waals surface area contributed by atoms with Crippen molar-refractivity contribution < 1.29 is 0 Å². The monoisotopic (exact) mass is 828 g/mol. The van der Waals surface area contributed by atoms with E-state index >= 15 is 0 Å². The average Bonchev–Trinajstić information content (AvgIpc) is 4.14. The molecule has 0 aliphatic heterocycles. The fourth-order valence-corrected chi connectivity index (χ4v) is 13.2. The van der Waals surface area contributed by atoms with Crippen molar-refractivity contribution >= 4 is 75.1 Å². The van der Waals surface area contributed by atoms with Crippen LogP contribution in [0.3, 0.4) is 0 Å². The smallest absolute Gasteiger partial charge is 0.0726 e. The summed E-state index contributed by atoms with van der Waals surface area (Å²) in [7, 11) is 0. The minimum atomic E-state index is -0.408. The lowest BCUT2D eigenvalue weighted by Crippen LogP contribution is -2.26. The number of fused-ring (bicyclic) bond motifs is 19. The van der Waals surface area contributed by atoms with Gasteiger partial charge in [-0.3, -0.25) is 0 Å². The predicted molar refractivity (Wildman–Crippen MR) is 270 cm³/mol. The highest BCUT2D eigenvalue weighted by molar-refractivity contribution is 7.26. The molecular formula is C61H36N2S. The van der Waals surface area contributed by atoms with Crippen molar-refractivity contribution in [3.8, 4) is 44.8 Å². The van der Waals surface area contributed by atoms with Crippen molar-refractivity contribution in [2.45, 2.75) is 5.41 Å². The van der Waals surface area contributed by atoms with Crippen LogP contribution in [-0.2, 0) is 5.41 Å². The number of nitrogens with zero attached hydrogens (tertiary/aromatic N) is 2. The molecule has 0 fully saturated rings. The highest BCUT2D eigenvalue weighted by Crippen LogP contribution is 2.63. The molecule has 2 aliphatic rings. The molecule has 3 heterocycles. The quantitative estimate of drug-likeness (QED) is 0.168. The lowest BCUT2D eigenvalue weighted by molar-refractivity contribution is 0.792. The van der Waals surface area contributed by atoms with Gasteiger partial charge < -0.3 is 9.13 Å². The van der Waals surface area contributed by atoms with Gasteiger partial charge in [-0.2, -0.15) is 0 Å². The Kier molecular flexibility index (Phi) is 6.79. The second-order valence-corrected chi connectivity index (χ2v) is 18.6. The minimum Gasteiger partial charge on any atom is -0.309 e. The van der Waals surface area contributed by atoms with Gasteiger partial charge in [0.25, 0.3) is 0 Å². The molecule has 3 aromatic heterocycles. The standard InChI is InChI=1S/C61H36N2S/c1-7-22-51-41(14-1)42-15-2-8-23-52(42)61(51)53-24-9-3-16-43(53)44-33-32-39(34-54(44)61)63-56-26-11-5-18-46(56)50-35-57-49(36-58(50)63)45-17-4-10-25-55(45)62(57)38-30-28-37(29-31-38)40-20-13-21-48-47-19-6-12-27-59(47)64-60(40)48/h1-36H. The second kappa shape index (κ2) is 12.6. The number of benzene rings is 10. The minimum absolute atomic E-state index is 0.408. The fourth-order valence-electron chi connectivity index (χ4n) is 12.0. The van der Waals surface area contributed by atoms with Gasteiger partial charge in [0.2, 0.25) is 0 Å². The highest BCUT2D eigenvalue weighted by atomic mass is 32.1. The van der Waals surface area contributed by atoms with Crippen LogP contribution >= 0.6 is 11.3 Å². The molecule has 296 valence electrons. The van der Waals surface area contributed by atoms with Crippen LogP contribution < -0.4 is 0 Å². The summed E-state index contributed by atoms with van der Waals surface area (Å²) < 4.78 is 7.65. The summed E-state index contributed by atoms with van der Waals surface area (Å²) in [6, 6.07) is 81.9. The Bertz CT molecular complexity index is 4070. The maximum absolute atomic E-state index is 2.52. The Morgan fingerprint density at radius 1 is 0.297 bits per heavy atom. The van der Waals surface area contributed by atoms with Crippen molar-refractivity contribution in [1.82, 2.24) is 9.13 Å². The van der Waals surface area contributed by atoms with Crippen LogP contribution in [0, 0.1) is 0 Å². The van der Waals surface area contributed by atoms with Gasteiger partial charge >= 0.3 is 0 Å². The molecular weight excluding hydrogens is 793 g/mol. The van der Waals surface area contributed by atoms with Crippen LogP contribution in [0.15, 0.2) is 218 Å². The SMILES string of the molecule is c1ccc2c(c1)-c1ccccc1C21c2ccccc2-c2ccc(-n3c4ccccc4c4cc5c(cc43)c3ccccc3n5-c3ccc(-c4cccc5c4sc4ccccc45)cc3)cc21. The van der Waals surface area contributed by atoms with Gasteiger partial charge in [0.1, 0.15) is 0 Å². The number of hydrogen-bond acceptors (Lipinski definition) is 1. The van der Waals surface area contributed by atoms with Crippen LogP contribution in [0.5, 0.6) is 0 Å². The van der Waals surface area contributed by atoms with Crippen molar-refractivity contribution in [2.75, 3.05) is 0 Å². The molecule has 3 heteroatoms. The summed E-state index contributed by atoms with van der Waals surface area (Å²) in [5, 5.41) is 7.64. The second-order valence-electron chi connectivity index (χ2n) is 17.5. The number of aromatic nitrogens is 2. The average molecular weight is 829 g/mol. The molecule has 10 aromatic carbocycles. The number of rotatable bonds is 3. The van der Waals surface area contributed by atoms with Gasteiger partial charge in [-0.05, 0) is 110 Å². The normalized spacial score (nSPS) is 13.4. The van der Waals surface area contributed by atoms with Crippen LogP contribution in [0.1, 0.15) is 22.3 Å². The van der Waals surface area contributed by atoms with Gasteiger partial charge in [-0.25, -0.2) is 0 Å². The topological polar surface area (TPSA) is 9.86 Å². The first-order chi connectivity index (χ1) is 31.8. The molecule has 13 aromatic rings. The molecule has 0 N–H and O–H groups in total. The van der Waals surface area contributed by atoms with Gasteiger partial charge in [-0.1, -0.05) is 164 Å². The van der Waals surface area contributed by atoms with E-state index in [-0.39, 0.29) is 0 Å². The van der Waals surface area contributed by atoms with E-state index in [9.17, 15) is 0 Å². The summed E-state index contributed by atoms with van der Waals surface area (Å²) >= 11 is 1.89. The molecule has 2 aliphatic carbocycles. The molecule has 0 radical (unpaired) electrons. The first-order valence-electron chi connectivity index (χ1n) is 22.2. The molecule has 0 bridgehead atoms. The predicted octanol–water partition coefficient (Wildman–Crippen LogP) is 16.3. The molecule has 64 heavy (non-hydrogen) atoms. The summed E-state index contributed by atoms with van der Waals surface area (Å²) in [6.07, 6.45) is 0. The molecule has 0 saturated carbocycles. The van der Waals surface area contributed by atoms with E-state index in [1.54, 1.807) is 0 Å². The van der Waals surface area contributed by atoms with Crippen molar-refractivity contribution in [1.29, 1.82) is 0 Å². The lowest BCUT2D eigenvalue weighted by Gasteiger charge is -2.30. The zero-order valence-corrected chi connectivity index (χ0v) is 35.4. The summed E-state index contributed by atoms with van der Waals surface area (Å²) in [5.41, 5.74) is 20.0. The molecule has 0 unspecified atom stereocenters. The summed E-state index contributed by atoms with van der Waals surface area (Å²) in [4.78, 5) is 0. The number of hydrogen-bond donors (Lipinski definition) is 0. The van der Waals surface area contributed by atoms with Crippen LogP contribution in [0.2, 0.25) is 0 Å². The van der Waals surface area contributed by atoms with E-state index < -0.39 is 5.41 Å². The van der Waals surface area contributed by atoms with E-state index in [1.165, 1.54) is 125 Å². The molecule has 0 atom stereocenters. The Morgan fingerprint density at radius 3 is 1.39 bits per heavy atom. The molecule has 1 spiro atoms. The van der Waals surface area contributed by atoms with Gasteiger partial charge in [0.15, 0.2) is 0 Å². The maximum atomic E-state index is 2.52. The lowest BCUT2D eigenvalue weighted by atomic mass is 9.70. The molecule has 15 rings (SSSR count). The van der Waals surface area contributed by atoms with Crippen LogP contribution in [-0.4, -0.2) is 9.13 Å². The highest BCUT2D eigenvalue weighted by Gasteiger charge is 2.51. The van der Waals surface area contributed by atoms with Crippen molar-refractivity contribution in [2.24, 2.45) is 0 Å². The summed E-state index contributed by atoms with van der Waals surface area (Å²) in [6.45, 7) is 0. The van der Waals surface area contributed by atoms with E-state index in [1.807, 2.05) is 11.3 Å². The number of thiophene rings is 1.